The summed E-state index contributed by atoms with van der Waals surface area (Å²) in [6.45, 7) is 2.15. The number of hydrogen-bond acceptors (Lipinski definition) is 2. The van der Waals surface area contributed by atoms with E-state index in [1.54, 1.807) is 12.1 Å². The van der Waals surface area contributed by atoms with Crippen molar-refractivity contribution in [3.8, 4) is 5.69 Å². The van der Waals surface area contributed by atoms with Crippen LogP contribution in [0.4, 0.5) is 4.39 Å². The second-order valence-electron chi connectivity index (χ2n) is 8.29. The van der Waals surface area contributed by atoms with Crippen LogP contribution in [0.1, 0.15) is 36.6 Å². The molecule has 5 rings (SSSR count). The predicted molar refractivity (Wildman–Crippen MR) is 113 cm³/mol. The Bertz CT molecular complexity index is 1110. The normalized spacial score (nSPS) is 25.7. The summed E-state index contributed by atoms with van der Waals surface area (Å²) >= 11 is 0. The zero-order valence-corrected chi connectivity index (χ0v) is 16.3. The SMILES string of the molecule is C[C@]12Cc3cnn(-c4ccc(F)cc4)c3C=C1CC[C@@]2(O)/C=C/c1ccccc1. The maximum absolute atomic E-state index is 13.3. The van der Waals surface area contributed by atoms with Crippen molar-refractivity contribution >= 4 is 12.2 Å². The first kappa shape index (κ1) is 18.1. The Kier molecular flexibility index (Phi) is 4.07. The number of rotatable bonds is 3. The summed E-state index contributed by atoms with van der Waals surface area (Å²) in [5, 5.41) is 16.1. The minimum atomic E-state index is -0.898. The molecular weight excluding hydrogens is 363 g/mol. The topological polar surface area (TPSA) is 38.0 Å². The lowest BCUT2D eigenvalue weighted by Crippen LogP contribution is -2.43. The van der Waals surface area contributed by atoms with E-state index in [1.165, 1.54) is 17.7 Å². The van der Waals surface area contributed by atoms with Gasteiger partial charge in [0.15, 0.2) is 0 Å². The average molecular weight is 386 g/mol. The van der Waals surface area contributed by atoms with Crippen molar-refractivity contribution in [2.24, 2.45) is 5.41 Å². The van der Waals surface area contributed by atoms with Gasteiger partial charge in [-0.1, -0.05) is 55.0 Å². The van der Waals surface area contributed by atoms with Crippen molar-refractivity contribution in [2.75, 3.05) is 0 Å². The first-order valence-corrected chi connectivity index (χ1v) is 9.99. The summed E-state index contributed by atoms with van der Waals surface area (Å²) in [6, 6.07) is 16.5. The molecule has 3 nitrogen and oxygen atoms in total. The van der Waals surface area contributed by atoms with Crippen LogP contribution in [-0.2, 0) is 6.42 Å². The van der Waals surface area contributed by atoms with Crippen LogP contribution < -0.4 is 0 Å². The molecule has 0 bridgehead atoms. The molecule has 0 aliphatic heterocycles. The number of aliphatic hydroxyl groups is 1. The summed E-state index contributed by atoms with van der Waals surface area (Å²) in [5.41, 5.74) is 4.04. The van der Waals surface area contributed by atoms with Crippen molar-refractivity contribution in [1.29, 1.82) is 0 Å². The second kappa shape index (κ2) is 6.53. The molecule has 1 fully saturated rings. The Hall–Kier alpha value is -2.98. The summed E-state index contributed by atoms with van der Waals surface area (Å²) in [4.78, 5) is 0. The second-order valence-corrected chi connectivity index (χ2v) is 8.29. The van der Waals surface area contributed by atoms with E-state index in [9.17, 15) is 9.50 Å². The fraction of sp³-hybridized carbons (Fsp3) is 0.240. The molecular formula is C25H23FN2O. The molecule has 1 N–H and O–H groups in total. The van der Waals surface area contributed by atoms with E-state index >= 15 is 0 Å². The van der Waals surface area contributed by atoms with E-state index in [1.807, 2.05) is 53.4 Å². The molecule has 1 saturated carbocycles. The van der Waals surface area contributed by atoms with Crippen molar-refractivity contribution in [1.82, 2.24) is 9.78 Å². The monoisotopic (exact) mass is 386 g/mol. The van der Waals surface area contributed by atoms with Crippen molar-refractivity contribution < 1.29 is 9.50 Å². The van der Waals surface area contributed by atoms with Crippen molar-refractivity contribution in [3.63, 3.8) is 0 Å². The predicted octanol–water partition coefficient (Wildman–Crippen LogP) is 5.20. The van der Waals surface area contributed by atoms with Crippen LogP contribution in [0.15, 0.2) is 72.4 Å². The molecule has 0 radical (unpaired) electrons. The fourth-order valence-electron chi connectivity index (χ4n) is 4.73. The van der Waals surface area contributed by atoms with Gasteiger partial charge >= 0.3 is 0 Å². The highest BCUT2D eigenvalue weighted by molar-refractivity contribution is 5.64. The highest BCUT2D eigenvalue weighted by Crippen LogP contribution is 2.56. The smallest absolute Gasteiger partial charge is 0.123 e. The van der Waals surface area contributed by atoms with Gasteiger partial charge in [0.1, 0.15) is 5.82 Å². The van der Waals surface area contributed by atoms with Crippen LogP contribution in [0.5, 0.6) is 0 Å². The number of aromatic nitrogens is 2. The molecule has 0 spiro atoms. The van der Waals surface area contributed by atoms with Gasteiger partial charge < -0.3 is 5.11 Å². The molecule has 0 saturated heterocycles. The summed E-state index contributed by atoms with van der Waals surface area (Å²) in [5.74, 6) is -0.258. The van der Waals surface area contributed by atoms with Gasteiger partial charge in [-0.3, -0.25) is 0 Å². The zero-order valence-electron chi connectivity index (χ0n) is 16.3. The van der Waals surface area contributed by atoms with Crippen molar-refractivity contribution in [3.05, 3.63) is 95.1 Å². The molecule has 2 aromatic carbocycles. The Morgan fingerprint density at radius 2 is 1.86 bits per heavy atom. The minimum absolute atomic E-state index is 0.258. The molecule has 0 amide bonds. The zero-order chi connectivity index (χ0) is 20.1. The molecule has 1 aromatic heterocycles. The van der Waals surface area contributed by atoms with Gasteiger partial charge in [0.25, 0.3) is 0 Å². The van der Waals surface area contributed by atoms with Gasteiger partial charge in [-0.25, -0.2) is 9.07 Å². The summed E-state index contributed by atoms with van der Waals surface area (Å²) in [7, 11) is 0. The highest BCUT2D eigenvalue weighted by atomic mass is 19.1. The van der Waals surface area contributed by atoms with E-state index in [0.717, 1.165) is 35.3 Å². The van der Waals surface area contributed by atoms with E-state index in [2.05, 4.69) is 18.1 Å². The molecule has 3 aromatic rings. The molecule has 4 heteroatoms. The van der Waals surface area contributed by atoms with Gasteiger partial charge in [-0.2, -0.15) is 5.10 Å². The van der Waals surface area contributed by atoms with E-state index in [0.29, 0.717) is 6.42 Å². The van der Waals surface area contributed by atoms with Gasteiger partial charge in [0.05, 0.1) is 23.2 Å². The van der Waals surface area contributed by atoms with Gasteiger partial charge in [-0.15, -0.1) is 0 Å². The Balaban J connectivity index is 1.51. The largest absolute Gasteiger partial charge is 0.385 e. The number of halogens is 1. The van der Waals surface area contributed by atoms with Crippen molar-refractivity contribution in [2.45, 2.75) is 31.8 Å². The van der Waals surface area contributed by atoms with E-state index < -0.39 is 5.60 Å². The summed E-state index contributed by atoms with van der Waals surface area (Å²) < 4.78 is 15.2. The molecule has 29 heavy (non-hydrogen) atoms. The Morgan fingerprint density at radius 3 is 2.62 bits per heavy atom. The fourth-order valence-corrected chi connectivity index (χ4v) is 4.73. The third kappa shape index (κ3) is 2.87. The van der Waals surface area contributed by atoms with Gasteiger partial charge in [0.2, 0.25) is 0 Å². The van der Waals surface area contributed by atoms with Crippen LogP contribution in [0.25, 0.3) is 17.8 Å². The first-order chi connectivity index (χ1) is 14.0. The lowest BCUT2D eigenvalue weighted by atomic mass is 9.67. The van der Waals surface area contributed by atoms with Crippen LogP contribution in [0, 0.1) is 11.2 Å². The lowest BCUT2D eigenvalue weighted by molar-refractivity contribution is 0.00668. The Morgan fingerprint density at radius 1 is 1.10 bits per heavy atom. The number of nitrogens with zero attached hydrogens (tertiary/aromatic N) is 2. The average Bonchev–Trinajstić information content (AvgIpc) is 3.24. The van der Waals surface area contributed by atoms with Crippen LogP contribution in [0.2, 0.25) is 0 Å². The van der Waals surface area contributed by atoms with Crippen LogP contribution >= 0.6 is 0 Å². The Labute approximate surface area is 169 Å². The third-order valence-corrected chi connectivity index (χ3v) is 6.60. The maximum Gasteiger partial charge on any atom is 0.123 e. The maximum atomic E-state index is 13.3. The number of hydrogen-bond donors (Lipinski definition) is 1. The van der Waals surface area contributed by atoms with E-state index in [-0.39, 0.29) is 11.2 Å². The number of benzene rings is 2. The number of fused-ring (bicyclic) bond motifs is 2. The molecule has 1 heterocycles. The lowest BCUT2D eigenvalue weighted by Gasteiger charge is -2.40. The molecule has 2 aliphatic carbocycles. The third-order valence-electron chi connectivity index (χ3n) is 6.60. The highest BCUT2D eigenvalue weighted by Gasteiger charge is 2.53. The molecule has 2 aliphatic rings. The first-order valence-electron chi connectivity index (χ1n) is 9.99. The molecule has 2 atom stereocenters. The minimum Gasteiger partial charge on any atom is -0.385 e. The molecule has 146 valence electrons. The standard InChI is InChI=1S/C25H23FN2O/c1-24-16-19-17-27-28(22-9-7-21(26)8-10-22)23(19)15-20(24)12-14-25(24,29)13-11-18-5-3-2-4-6-18/h2-11,13,15,17,29H,12,14,16H2,1H3/b13-11+/t24-,25-/m0/s1. The quantitative estimate of drug-likeness (QED) is 0.672. The van der Waals surface area contributed by atoms with Gasteiger partial charge in [0, 0.05) is 5.41 Å². The van der Waals surface area contributed by atoms with Crippen LogP contribution in [0.3, 0.4) is 0 Å². The van der Waals surface area contributed by atoms with Crippen LogP contribution in [-0.4, -0.2) is 20.5 Å². The molecule has 0 unspecified atom stereocenters. The summed E-state index contributed by atoms with van der Waals surface area (Å²) in [6.07, 6.45) is 10.3. The van der Waals surface area contributed by atoms with E-state index in [4.69, 9.17) is 0 Å². The van der Waals surface area contributed by atoms with Gasteiger partial charge in [-0.05, 0) is 60.7 Å².